The fourth-order valence-electron chi connectivity index (χ4n) is 2.66. The molecule has 3 heterocycles. The van der Waals surface area contributed by atoms with Crippen LogP contribution in [0.25, 0.3) is 0 Å². The number of rotatable bonds is 0. The van der Waals surface area contributed by atoms with E-state index < -0.39 is 42.3 Å². The van der Waals surface area contributed by atoms with E-state index >= 15 is 0 Å². The summed E-state index contributed by atoms with van der Waals surface area (Å²) in [6.45, 7) is 7.55. The maximum Gasteiger partial charge on any atom is 0.190 e. The van der Waals surface area contributed by atoms with Gasteiger partial charge >= 0.3 is 0 Å². The summed E-state index contributed by atoms with van der Waals surface area (Å²) in [6, 6.07) is 0. The van der Waals surface area contributed by atoms with Crippen molar-refractivity contribution in [3.8, 4) is 0 Å². The van der Waals surface area contributed by atoms with Crippen LogP contribution in [0.5, 0.6) is 0 Å². The molecule has 6 heteroatoms. The van der Waals surface area contributed by atoms with Crippen LogP contribution in [0.2, 0.25) is 0 Å². The largest absolute Gasteiger partial charge is 0.387 e. The number of hydrogen-bond acceptors (Lipinski definition) is 6. The van der Waals surface area contributed by atoms with E-state index in [4.69, 9.17) is 23.7 Å². The maximum atomic E-state index is 10.3. The van der Waals surface area contributed by atoms with E-state index in [1.54, 1.807) is 0 Å². The van der Waals surface area contributed by atoms with Crippen molar-refractivity contribution in [2.75, 3.05) is 6.61 Å². The molecule has 0 amide bonds. The zero-order valence-corrected chi connectivity index (χ0v) is 11.1. The molecule has 0 radical (unpaired) electrons. The molecule has 3 aliphatic heterocycles. The molecule has 3 fully saturated rings. The van der Waals surface area contributed by atoms with Crippen molar-refractivity contribution in [3.63, 3.8) is 0 Å². The van der Waals surface area contributed by atoms with Crippen LogP contribution in [0.15, 0.2) is 0 Å². The Labute approximate surface area is 106 Å². The summed E-state index contributed by atoms with van der Waals surface area (Å²) in [6.07, 6.45) is -2.68. The van der Waals surface area contributed by atoms with E-state index in [1.807, 2.05) is 27.7 Å². The monoisotopic (exact) mass is 260 g/mol. The van der Waals surface area contributed by atoms with Crippen LogP contribution in [0.3, 0.4) is 0 Å². The Hall–Kier alpha value is -0.240. The lowest BCUT2D eigenvalue weighted by Gasteiger charge is -2.37. The van der Waals surface area contributed by atoms with Gasteiger partial charge in [-0.25, -0.2) is 0 Å². The van der Waals surface area contributed by atoms with E-state index in [-0.39, 0.29) is 6.61 Å². The smallest absolute Gasteiger partial charge is 0.190 e. The first-order valence-corrected chi connectivity index (χ1v) is 6.28. The minimum atomic E-state index is -0.773. The SMILES string of the molecule is CC1(C)OC[C@H]2O[C@H](O1)[C@H]1OC(C)(C)O[C@H]1[C@H]2O. The Balaban J connectivity index is 1.88. The average molecular weight is 260 g/mol. The van der Waals surface area contributed by atoms with Gasteiger partial charge in [-0.15, -0.1) is 0 Å². The molecule has 3 rings (SSSR count). The first kappa shape index (κ1) is 12.8. The standard InChI is InChI=1S/C12H20O6/c1-11(2)14-5-6-7(13)8-9(10(15-6)18-11)17-12(3,4)16-8/h6-10,13H,5H2,1-4H3/t6-,7+,8+,9+,10-/m1/s1. The van der Waals surface area contributed by atoms with Gasteiger partial charge in [0.05, 0.1) is 6.61 Å². The molecule has 0 saturated carbocycles. The highest BCUT2D eigenvalue weighted by molar-refractivity contribution is 4.97. The van der Waals surface area contributed by atoms with Crippen molar-refractivity contribution >= 4 is 0 Å². The summed E-state index contributed by atoms with van der Waals surface area (Å²) in [5, 5.41) is 10.3. The van der Waals surface area contributed by atoms with Gasteiger partial charge in [-0.2, -0.15) is 0 Å². The molecule has 3 aliphatic rings. The molecule has 0 aromatic heterocycles. The number of ether oxygens (including phenoxy) is 5. The number of aliphatic hydroxyl groups is 1. The first-order valence-electron chi connectivity index (χ1n) is 6.28. The molecule has 1 N–H and O–H groups in total. The summed E-state index contributed by atoms with van der Waals surface area (Å²) in [5.74, 6) is -1.50. The van der Waals surface area contributed by atoms with Gasteiger partial charge in [-0.3, -0.25) is 0 Å². The maximum absolute atomic E-state index is 10.3. The van der Waals surface area contributed by atoms with Crippen LogP contribution >= 0.6 is 0 Å². The highest BCUT2D eigenvalue weighted by Gasteiger charge is 2.57. The Kier molecular flexibility index (Phi) is 2.75. The number of hydrogen-bond donors (Lipinski definition) is 1. The predicted molar refractivity (Wildman–Crippen MR) is 59.6 cm³/mol. The summed E-state index contributed by atoms with van der Waals surface area (Å²) in [5.41, 5.74) is 0. The van der Waals surface area contributed by atoms with Crippen molar-refractivity contribution in [2.45, 2.75) is 70.0 Å². The van der Waals surface area contributed by atoms with Crippen molar-refractivity contribution in [1.29, 1.82) is 0 Å². The van der Waals surface area contributed by atoms with Gasteiger partial charge in [0.15, 0.2) is 17.9 Å². The zero-order valence-electron chi connectivity index (χ0n) is 11.1. The highest BCUT2D eigenvalue weighted by Crippen LogP contribution is 2.40. The molecule has 104 valence electrons. The topological polar surface area (TPSA) is 66.4 Å². The van der Waals surface area contributed by atoms with Gasteiger partial charge in [0.25, 0.3) is 0 Å². The van der Waals surface area contributed by atoms with E-state index in [9.17, 15) is 5.11 Å². The summed E-state index contributed by atoms with van der Waals surface area (Å²) < 4.78 is 28.5. The van der Waals surface area contributed by atoms with Crippen molar-refractivity contribution < 1.29 is 28.8 Å². The molecule has 6 nitrogen and oxygen atoms in total. The van der Waals surface area contributed by atoms with Crippen LogP contribution in [-0.2, 0) is 23.7 Å². The van der Waals surface area contributed by atoms with E-state index in [1.165, 1.54) is 0 Å². The molecule has 0 aromatic carbocycles. The Morgan fingerprint density at radius 2 is 1.61 bits per heavy atom. The zero-order chi connectivity index (χ0) is 13.1. The van der Waals surface area contributed by atoms with Crippen LogP contribution in [0.1, 0.15) is 27.7 Å². The second-order valence-electron chi connectivity index (χ2n) is 5.93. The first-order chi connectivity index (χ1) is 8.27. The highest BCUT2D eigenvalue weighted by atomic mass is 16.8. The summed E-state index contributed by atoms with van der Waals surface area (Å²) in [4.78, 5) is 0. The Bertz CT molecular complexity index is 341. The second kappa shape index (κ2) is 3.88. The minimum absolute atomic E-state index is 0.275. The fourth-order valence-corrected chi connectivity index (χ4v) is 2.66. The Morgan fingerprint density at radius 3 is 2.33 bits per heavy atom. The molecular formula is C12H20O6. The van der Waals surface area contributed by atoms with Gasteiger partial charge in [-0.1, -0.05) is 0 Å². The number of aliphatic hydroxyl groups excluding tert-OH is 1. The molecule has 0 spiro atoms. The second-order valence-corrected chi connectivity index (χ2v) is 5.93. The van der Waals surface area contributed by atoms with Gasteiger partial charge in [0.1, 0.15) is 24.4 Å². The van der Waals surface area contributed by atoms with Gasteiger partial charge in [-0.05, 0) is 27.7 Å². The summed E-state index contributed by atoms with van der Waals surface area (Å²) >= 11 is 0. The fraction of sp³-hybridized carbons (Fsp3) is 1.00. The third-order valence-corrected chi connectivity index (χ3v) is 3.45. The van der Waals surface area contributed by atoms with Crippen molar-refractivity contribution in [2.24, 2.45) is 0 Å². The third-order valence-electron chi connectivity index (χ3n) is 3.45. The molecule has 3 saturated heterocycles. The van der Waals surface area contributed by atoms with Crippen LogP contribution < -0.4 is 0 Å². The van der Waals surface area contributed by atoms with Crippen molar-refractivity contribution in [3.05, 3.63) is 0 Å². The van der Waals surface area contributed by atoms with Gasteiger partial charge in [0.2, 0.25) is 0 Å². The molecule has 5 atom stereocenters. The molecule has 0 aliphatic carbocycles. The third kappa shape index (κ3) is 2.07. The lowest BCUT2D eigenvalue weighted by atomic mass is 9.99. The van der Waals surface area contributed by atoms with Gasteiger partial charge in [0, 0.05) is 0 Å². The minimum Gasteiger partial charge on any atom is -0.387 e. The lowest BCUT2D eigenvalue weighted by molar-refractivity contribution is -0.307. The summed E-state index contributed by atoms with van der Waals surface area (Å²) in [7, 11) is 0. The molecule has 0 unspecified atom stereocenters. The Morgan fingerprint density at radius 1 is 0.944 bits per heavy atom. The molecule has 18 heavy (non-hydrogen) atoms. The molecular weight excluding hydrogens is 240 g/mol. The average Bonchev–Trinajstić information content (AvgIpc) is 2.48. The molecule has 2 bridgehead atoms. The lowest BCUT2D eigenvalue weighted by Crippen LogP contribution is -2.57. The molecule has 0 aromatic rings. The predicted octanol–water partition coefficient (Wildman–Crippen LogP) is 0.375. The quantitative estimate of drug-likeness (QED) is 0.679. The van der Waals surface area contributed by atoms with E-state index in [0.29, 0.717) is 0 Å². The van der Waals surface area contributed by atoms with E-state index in [0.717, 1.165) is 0 Å². The van der Waals surface area contributed by atoms with Gasteiger partial charge < -0.3 is 28.8 Å². The van der Waals surface area contributed by atoms with Crippen LogP contribution in [0, 0.1) is 0 Å². The van der Waals surface area contributed by atoms with Crippen LogP contribution in [0.4, 0.5) is 0 Å². The number of fused-ring (bicyclic) bond motifs is 4. The normalized spacial score (nSPS) is 49.5. The van der Waals surface area contributed by atoms with Crippen molar-refractivity contribution in [1.82, 2.24) is 0 Å². The van der Waals surface area contributed by atoms with Crippen LogP contribution in [-0.4, -0.2) is 54.0 Å². The van der Waals surface area contributed by atoms with E-state index in [2.05, 4.69) is 0 Å².